The Kier molecular flexibility index (Phi) is 5.10. The predicted molar refractivity (Wildman–Crippen MR) is 77.9 cm³/mol. The number of hydrogen-bond donors (Lipinski definition) is 1. The molecule has 2 aromatic rings. The predicted octanol–water partition coefficient (Wildman–Crippen LogP) is 4.71. The average molecular weight is 296 g/mol. The van der Waals surface area contributed by atoms with E-state index in [4.69, 9.17) is 11.6 Å². The fourth-order valence-electron chi connectivity index (χ4n) is 2.12. The van der Waals surface area contributed by atoms with Gasteiger partial charge in [0, 0.05) is 10.6 Å². The first-order chi connectivity index (χ1) is 9.63. The van der Waals surface area contributed by atoms with Gasteiger partial charge in [0.1, 0.15) is 11.6 Å². The average Bonchev–Trinajstić information content (AvgIpc) is 2.42. The normalized spacial score (nSPS) is 12.4. The van der Waals surface area contributed by atoms with Crippen molar-refractivity contribution in [2.45, 2.75) is 19.4 Å². The van der Waals surface area contributed by atoms with Crippen LogP contribution in [0.5, 0.6) is 0 Å². The molecule has 0 fully saturated rings. The summed E-state index contributed by atoms with van der Waals surface area (Å²) in [6, 6.07) is 10.3. The summed E-state index contributed by atoms with van der Waals surface area (Å²) in [6.45, 7) is 2.74. The lowest BCUT2D eigenvalue weighted by atomic mass is 9.98. The fourth-order valence-corrected chi connectivity index (χ4v) is 2.40. The highest BCUT2D eigenvalue weighted by Gasteiger charge is 2.19. The van der Waals surface area contributed by atoms with Crippen molar-refractivity contribution in [3.8, 4) is 0 Å². The Hall–Kier alpha value is -1.45. The van der Waals surface area contributed by atoms with Gasteiger partial charge in [0.05, 0.1) is 6.04 Å². The highest BCUT2D eigenvalue weighted by Crippen LogP contribution is 2.30. The van der Waals surface area contributed by atoms with Crippen molar-refractivity contribution in [2.24, 2.45) is 0 Å². The van der Waals surface area contributed by atoms with Crippen LogP contribution in [0.2, 0.25) is 5.02 Å². The molecule has 1 atom stereocenters. The van der Waals surface area contributed by atoms with E-state index >= 15 is 0 Å². The number of rotatable bonds is 5. The van der Waals surface area contributed by atoms with Crippen LogP contribution in [-0.4, -0.2) is 6.54 Å². The fraction of sp³-hybridized carbons (Fsp3) is 0.250. The summed E-state index contributed by atoms with van der Waals surface area (Å²) in [5, 5.41) is 3.55. The first-order valence-corrected chi connectivity index (χ1v) is 6.94. The minimum absolute atomic E-state index is 0.293. The maximum Gasteiger partial charge on any atom is 0.128 e. The third-order valence-corrected chi connectivity index (χ3v) is 3.42. The van der Waals surface area contributed by atoms with Gasteiger partial charge in [-0.25, -0.2) is 8.78 Å². The van der Waals surface area contributed by atoms with Crippen LogP contribution in [-0.2, 0) is 0 Å². The van der Waals surface area contributed by atoms with E-state index in [1.165, 1.54) is 18.2 Å². The maximum atomic E-state index is 14.0. The largest absolute Gasteiger partial charge is 0.306 e. The molecule has 0 spiro atoms. The Labute approximate surface area is 122 Å². The summed E-state index contributed by atoms with van der Waals surface area (Å²) in [5.41, 5.74) is 1.18. The molecule has 0 radical (unpaired) electrons. The quantitative estimate of drug-likeness (QED) is 0.842. The number of benzene rings is 2. The molecule has 0 bridgehead atoms. The molecule has 0 amide bonds. The van der Waals surface area contributed by atoms with Gasteiger partial charge >= 0.3 is 0 Å². The molecule has 0 saturated heterocycles. The van der Waals surface area contributed by atoms with Crippen molar-refractivity contribution in [2.75, 3.05) is 6.54 Å². The van der Waals surface area contributed by atoms with Crippen molar-refractivity contribution >= 4 is 11.6 Å². The molecule has 4 heteroatoms. The van der Waals surface area contributed by atoms with E-state index < -0.39 is 5.82 Å². The summed E-state index contributed by atoms with van der Waals surface area (Å²) in [7, 11) is 0. The monoisotopic (exact) mass is 295 g/mol. The van der Waals surface area contributed by atoms with Crippen LogP contribution in [0.1, 0.15) is 30.5 Å². The summed E-state index contributed by atoms with van der Waals surface area (Å²) in [4.78, 5) is 0. The second-order valence-corrected chi connectivity index (χ2v) is 4.98. The molecule has 0 aliphatic carbocycles. The van der Waals surface area contributed by atoms with Gasteiger partial charge in [0.25, 0.3) is 0 Å². The molecule has 1 unspecified atom stereocenters. The van der Waals surface area contributed by atoms with Crippen LogP contribution in [0.3, 0.4) is 0 Å². The Balaban J connectivity index is 2.44. The van der Waals surface area contributed by atoms with Crippen molar-refractivity contribution in [1.29, 1.82) is 0 Å². The Morgan fingerprint density at radius 1 is 1.10 bits per heavy atom. The molecule has 1 N–H and O–H groups in total. The van der Waals surface area contributed by atoms with Crippen LogP contribution < -0.4 is 5.32 Å². The van der Waals surface area contributed by atoms with E-state index in [0.717, 1.165) is 6.42 Å². The summed E-state index contributed by atoms with van der Waals surface area (Å²) < 4.78 is 27.2. The van der Waals surface area contributed by atoms with E-state index in [2.05, 4.69) is 5.32 Å². The third kappa shape index (κ3) is 3.35. The Morgan fingerprint density at radius 2 is 1.85 bits per heavy atom. The first-order valence-electron chi connectivity index (χ1n) is 6.56. The zero-order valence-corrected chi connectivity index (χ0v) is 11.9. The van der Waals surface area contributed by atoms with Crippen LogP contribution in [0.4, 0.5) is 8.78 Å². The summed E-state index contributed by atoms with van der Waals surface area (Å²) in [6.07, 6.45) is 0.907. The molecular formula is C16H16ClF2N. The second kappa shape index (κ2) is 6.82. The molecule has 0 aliphatic rings. The van der Waals surface area contributed by atoms with Gasteiger partial charge in [-0.1, -0.05) is 42.8 Å². The zero-order chi connectivity index (χ0) is 14.5. The molecular weight excluding hydrogens is 280 g/mol. The van der Waals surface area contributed by atoms with Gasteiger partial charge < -0.3 is 5.32 Å². The van der Waals surface area contributed by atoms with E-state index in [1.807, 2.05) is 6.92 Å². The lowest BCUT2D eigenvalue weighted by Gasteiger charge is -2.21. The minimum atomic E-state index is -0.401. The maximum absolute atomic E-state index is 14.0. The van der Waals surface area contributed by atoms with E-state index in [-0.39, 0.29) is 11.9 Å². The van der Waals surface area contributed by atoms with E-state index in [1.54, 1.807) is 24.3 Å². The van der Waals surface area contributed by atoms with Crippen molar-refractivity contribution < 1.29 is 8.78 Å². The third-order valence-electron chi connectivity index (χ3n) is 3.09. The van der Waals surface area contributed by atoms with Gasteiger partial charge in [-0.15, -0.1) is 0 Å². The molecule has 20 heavy (non-hydrogen) atoms. The van der Waals surface area contributed by atoms with Gasteiger partial charge in [-0.3, -0.25) is 0 Å². The van der Waals surface area contributed by atoms with Crippen LogP contribution in [0.15, 0.2) is 42.5 Å². The molecule has 2 rings (SSSR count). The first kappa shape index (κ1) is 14.9. The van der Waals surface area contributed by atoms with Crippen molar-refractivity contribution in [1.82, 2.24) is 5.32 Å². The molecule has 1 nitrogen and oxygen atoms in total. The zero-order valence-electron chi connectivity index (χ0n) is 11.2. The second-order valence-electron chi connectivity index (χ2n) is 4.57. The van der Waals surface area contributed by atoms with Gasteiger partial charge in [0.15, 0.2) is 0 Å². The molecule has 0 saturated carbocycles. The molecule has 0 aliphatic heterocycles. The number of halogens is 3. The standard InChI is InChI=1S/C16H16ClF2N/c1-2-9-20-16(13-5-3-4-6-15(13)19)12-8-7-11(18)10-14(12)17/h3-8,10,16,20H,2,9H2,1H3. The van der Waals surface area contributed by atoms with Gasteiger partial charge in [0.2, 0.25) is 0 Å². The molecule has 106 valence electrons. The topological polar surface area (TPSA) is 12.0 Å². The van der Waals surface area contributed by atoms with E-state index in [0.29, 0.717) is 22.7 Å². The van der Waals surface area contributed by atoms with Crippen molar-refractivity contribution in [3.05, 3.63) is 70.2 Å². The summed E-state index contributed by atoms with van der Waals surface area (Å²) in [5.74, 6) is -0.706. The minimum Gasteiger partial charge on any atom is -0.306 e. The number of nitrogens with one attached hydrogen (secondary N) is 1. The lowest BCUT2D eigenvalue weighted by molar-refractivity contribution is 0.545. The molecule has 0 heterocycles. The molecule has 2 aromatic carbocycles. The molecule has 0 aromatic heterocycles. The Morgan fingerprint density at radius 3 is 2.50 bits per heavy atom. The Bertz CT molecular complexity index is 586. The van der Waals surface area contributed by atoms with Crippen LogP contribution >= 0.6 is 11.6 Å². The SMILES string of the molecule is CCCNC(c1ccccc1F)c1ccc(F)cc1Cl. The highest BCUT2D eigenvalue weighted by atomic mass is 35.5. The van der Waals surface area contributed by atoms with Gasteiger partial charge in [-0.2, -0.15) is 0 Å². The van der Waals surface area contributed by atoms with Crippen LogP contribution in [0, 0.1) is 11.6 Å². The number of hydrogen-bond acceptors (Lipinski definition) is 1. The highest BCUT2D eigenvalue weighted by molar-refractivity contribution is 6.31. The lowest BCUT2D eigenvalue weighted by Crippen LogP contribution is -2.24. The smallest absolute Gasteiger partial charge is 0.128 e. The van der Waals surface area contributed by atoms with E-state index in [9.17, 15) is 8.78 Å². The van der Waals surface area contributed by atoms with Gasteiger partial charge in [-0.05, 0) is 36.7 Å². The van der Waals surface area contributed by atoms with Crippen LogP contribution in [0.25, 0.3) is 0 Å². The summed E-state index contributed by atoms with van der Waals surface area (Å²) >= 11 is 6.10. The van der Waals surface area contributed by atoms with Crippen molar-refractivity contribution in [3.63, 3.8) is 0 Å².